The first-order valence-corrected chi connectivity index (χ1v) is 10.0. The fourth-order valence-corrected chi connectivity index (χ4v) is 6.69. The van der Waals surface area contributed by atoms with E-state index in [1.54, 1.807) is 0 Å². The Morgan fingerprint density at radius 1 is 0.375 bits per heavy atom. The third kappa shape index (κ3) is 1.87. The van der Waals surface area contributed by atoms with Crippen LogP contribution in [0.5, 0.6) is 0 Å². The Bertz CT molecular complexity index is 471. The third-order valence-corrected chi connectivity index (χ3v) is 11.9. The van der Waals surface area contributed by atoms with Crippen LogP contribution in [0.4, 0.5) is 0 Å². The zero-order chi connectivity index (χ0) is 20.0. The van der Waals surface area contributed by atoms with Gasteiger partial charge in [-0.3, -0.25) is 0 Å². The lowest BCUT2D eigenvalue weighted by atomic mass is 9.23. The SMILES string of the molecule is CC(C)(C)C(C)(C)C1(C)C(C)(C)C(C)(C)C(C)(C)C(C)(C)C1(C)C. The van der Waals surface area contributed by atoms with Crippen LogP contribution in [-0.2, 0) is 0 Å². The van der Waals surface area contributed by atoms with Crippen molar-refractivity contribution in [3.63, 3.8) is 0 Å². The Labute approximate surface area is 154 Å². The van der Waals surface area contributed by atoms with Crippen molar-refractivity contribution in [1.29, 1.82) is 0 Å². The molecule has 0 aromatic rings. The highest BCUT2D eigenvalue weighted by Gasteiger charge is 2.77. The molecule has 0 N–H and O–H groups in total. The van der Waals surface area contributed by atoms with E-state index in [4.69, 9.17) is 0 Å². The van der Waals surface area contributed by atoms with Crippen LogP contribution >= 0.6 is 0 Å². The van der Waals surface area contributed by atoms with E-state index < -0.39 is 0 Å². The molecule has 0 aliphatic heterocycles. The molecule has 0 heterocycles. The lowest BCUT2D eigenvalue weighted by Crippen LogP contribution is -2.75. The fraction of sp³-hybridized carbons (Fsp3) is 1.00. The van der Waals surface area contributed by atoms with Gasteiger partial charge in [-0.2, -0.15) is 0 Å². The van der Waals surface area contributed by atoms with E-state index in [0.29, 0.717) is 0 Å². The van der Waals surface area contributed by atoms with E-state index in [9.17, 15) is 0 Å². The van der Waals surface area contributed by atoms with Gasteiger partial charge in [0, 0.05) is 0 Å². The highest BCUT2D eigenvalue weighted by atomic mass is 14.8. The molecule has 144 valence electrons. The summed E-state index contributed by atoms with van der Waals surface area (Å²) in [6, 6.07) is 0. The molecule has 0 aromatic carbocycles. The maximum atomic E-state index is 2.61. The Morgan fingerprint density at radius 3 is 0.792 bits per heavy atom. The zero-order valence-corrected chi connectivity index (χ0v) is 20.0. The van der Waals surface area contributed by atoms with E-state index in [2.05, 4.69) is 111 Å². The predicted molar refractivity (Wildman–Crippen MR) is 110 cm³/mol. The largest absolute Gasteiger partial charge is 0.0596 e. The Morgan fingerprint density at radius 2 is 0.583 bits per heavy atom. The molecule has 0 atom stereocenters. The van der Waals surface area contributed by atoms with Gasteiger partial charge in [0.25, 0.3) is 0 Å². The first-order valence-electron chi connectivity index (χ1n) is 10.0. The molecule has 1 fully saturated rings. The molecule has 1 aliphatic carbocycles. The summed E-state index contributed by atoms with van der Waals surface area (Å²) in [6.07, 6.45) is 0. The van der Waals surface area contributed by atoms with Gasteiger partial charge in [0.1, 0.15) is 0 Å². The van der Waals surface area contributed by atoms with Crippen molar-refractivity contribution in [3.05, 3.63) is 0 Å². The van der Waals surface area contributed by atoms with E-state index in [1.807, 2.05) is 0 Å². The van der Waals surface area contributed by atoms with E-state index in [-0.39, 0.29) is 43.3 Å². The van der Waals surface area contributed by atoms with Gasteiger partial charge in [0.05, 0.1) is 0 Å². The molecule has 1 saturated carbocycles. The van der Waals surface area contributed by atoms with Crippen LogP contribution in [-0.4, -0.2) is 0 Å². The quantitative estimate of drug-likeness (QED) is 0.452. The summed E-state index contributed by atoms with van der Waals surface area (Å²) in [7, 11) is 0. The maximum absolute atomic E-state index is 2.61. The van der Waals surface area contributed by atoms with Gasteiger partial charge >= 0.3 is 0 Å². The molecule has 0 unspecified atom stereocenters. The van der Waals surface area contributed by atoms with Crippen molar-refractivity contribution in [2.45, 2.75) is 111 Å². The summed E-state index contributed by atoms with van der Waals surface area (Å²) < 4.78 is 0. The van der Waals surface area contributed by atoms with Crippen molar-refractivity contribution in [3.8, 4) is 0 Å². The summed E-state index contributed by atoms with van der Waals surface area (Å²) in [6.45, 7) is 40.3. The van der Waals surface area contributed by atoms with Crippen molar-refractivity contribution in [1.82, 2.24) is 0 Å². The van der Waals surface area contributed by atoms with Gasteiger partial charge in [-0.1, -0.05) is 111 Å². The standard InChI is InChI=1S/C24H48/c1-17(2,3)18(4,5)24(16)22(12,13)20(8,9)19(6,7)21(10,11)23(24,14)15/h1-16H3. The number of hydrogen-bond donors (Lipinski definition) is 0. The molecule has 0 bridgehead atoms. The molecule has 1 rings (SSSR count). The smallest absolute Gasteiger partial charge is 0.0157 e. The van der Waals surface area contributed by atoms with Crippen LogP contribution in [0, 0.1) is 43.3 Å². The third-order valence-electron chi connectivity index (χ3n) is 11.9. The molecule has 0 radical (unpaired) electrons. The van der Waals surface area contributed by atoms with Crippen LogP contribution in [0.25, 0.3) is 0 Å². The molecule has 0 amide bonds. The van der Waals surface area contributed by atoms with E-state index >= 15 is 0 Å². The maximum Gasteiger partial charge on any atom is -0.0157 e. The summed E-state index contributed by atoms with van der Waals surface area (Å²) in [5.74, 6) is 0. The van der Waals surface area contributed by atoms with Crippen LogP contribution in [0.15, 0.2) is 0 Å². The lowest BCUT2D eigenvalue weighted by molar-refractivity contribution is -0.333. The second-order valence-corrected chi connectivity index (χ2v) is 13.1. The minimum absolute atomic E-state index is 0.174. The van der Waals surface area contributed by atoms with Gasteiger partial charge in [0.15, 0.2) is 0 Å². The Balaban J connectivity index is 4.04. The summed E-state index contributed by atoms with van der Waals surface area (Å²) in [5, 5.41) is 0. The van der Waals surface area contributed by atoms with Gasteiger partial charge in [-0.25, -0.2) is 0 Å². The summed E-state index contributed by atoms with van der Waals surface area (Å²) in [4.78, 5) is 0. The minimum Gasteiger partial charge on any atom is -0.0596 e. The second-order valence-electron chi connectivity index (χ2n) is 13.1. The molecular weight excluding hydrogens is 288 g/mol. The molecule has 0 nitrogen and oxygen atoms in total. The first-order chi connectivity index (χ1) is 10.0. The van der Waals surface area contributed by atoms with Crippen molar-refractivity contribution in [2.24, 2.45) is 43.3 Å². The Kier molecular flexibility index (Phi) is 4.44. The summed E-state index contributed by atoms with van der Waals surface area (Å²) in [5.41, 5.74) is 1.67. The minimum atomic E-state index is 0.174. The molecule has 0 saturated heterocycles. The van der Waals surface area contributed by atoms with Crippen LogP contribution in [0.2, 0.25) is 0 Å². The normalized spacial score (nSPS) is 30.0. The molecular formula is C24H48. The second kappa shape index (κ2) is 4.83. The Hall–Kier alpha value is 0. The van der Waals surface area contributed by atoms with Gasteiger partial charge < -0.3 is 0 Å². The topological polar surface area (TPSA) is 0 Å². The highest BCUT2D eigenvalue weighted by molar-refractivity contribution is 5.24. The van der Waals surface area contributed by atoms with Crippen molar-refractivity contribution < 1.29 is 0 Å². The van der Waals surface area contributed by atoms with Gasteiger partial charge in [-0.15, -0.1) is 0 Å². The van der Waals surface area contributed by atoms with Crippen LogP contribution in [0.3, 0.4) is 0 Å². The average Bonchev–Trinajstić information content (AvgIpc) is 2.33. The van der Waals surface area contributed by atoms with E-state index in [0.717, 1.165) is 0 Å². The number of hydrogen-bond acceptors (Lipinski definition) is 0. The van der Waals surface area contributed by atoms with Crippen LogP contribution in [0.1, 0.15) is 111 Å². The average molecular weight is 337 g/mol. The van der Waals surface area contributed by atoms with Crippen molar-refractivity contribution >= 4 is 0 Å². The summed E-state index contributed by atoms with van der Waals surface area (Å²) >= 11 is 0. The molecule has 1 aliphatic rings. The molecule has 0 heteroatoms. The predicted octanol–water partition coefficient (Wildman–Crippen LogP) is 8.21. The van der Waals surface area contributed by atoms with E-state index in [1.165, 1.54) is 0 Å². The fourth-order valence-electron chi connectivity index (χ4n) is 6.69. The lowest BCUT2D eigenvalue weighted by Gasteiger charge is -2.81. The molecule has 0 aromatic heterocycles. The zero-order valence-electron chi connectivity index (χ0n) is 20.0. The highest BCUT2D eigenvalue weighted by Crippen LogP contribution is 2.82. The number of rotatable bonds is 1. The monoisotopic (exact) mass is 336 g/mol. The van der Waals surface area contributed by atoms with Gasteiger partial charge in [0.2, 0.25) is 0 Å². The van der Waals surface area contributed by atoms with Gasteiger partial charge in [-0.05, 0) is 43.3 Å². The first kappa shape index (κ1) is 22.0. The van der Waals surface area contributed by atoms with Crippen molar-refractivity contribution in [2.75, 3.05) is 0 Å². The molecule has 0 spiro atoms. The molecule has 24 heavy (non-hydrogen) atoms. The van der Waals surface area contributed by atoms with Crippen LogP contribution < -0.4 is 0 Å².